The Bertz CT molecular complexity index is 747. The van der Waals surface area contributed by atoms with Gasteiger partial charge in [-0.3, -0.25) is 0 Å². The molecule has 4 aliphatic rings. The van der Waals surface area contributed by atoms with Crippen LogP contribution >= 0.6 is 0 Å². The van der Waals surface area contributed by atoms with E-state index < -0.39 is 0 Å². The molecule has 0 aliphatic heterocycles. The molecule has 3 heteroatoms. The van der Waals surface area contributed by atoms with Crippen molar-refractivity contribution in [2.45, 2.75) is 150 Å². The molecule has 0 radical (unpaired) electrons. The fraction of sp³-hybridized carbons (Fsp3) is 0.969. The Morgan fingerprint density at radius 3 is 2.09 bits per heavy atom. The van der Waals surface area contributed by atoms with E-state index in [9.17, 15) is 4.79 Å². The number of rotatable bonds is 6. The first kappa shape index (κ1) is 27.6. The van der Waals surface area contributed by atoms with E-state index in [1.54, 1.807) is 0 Å². The number of hydrogen-bond acceptors (Lipinski definition) is 3. The number of carbonyl (C=O) groups is 1. The van der Waals surface area contributed by atoms with Gasteiger partial charge in [-0.2, -0.15) is 0 Å². The Morgan fingerprint density at radius 2 is 1.46 bits per heavy atom. The molecule has 4 rings (SSSR count). The molecule has 0 aromatic carbocycles. The van der Waals surface area contributed by atoms with E-state index in [1.807, 2.05) is 0 Å². The number of fused-ring (bicyclic) bond motifs is 5. The lowest BCUT2D eigenvalue weighted by Crippen LogP contribution is -2.60. The second-order valence-electron chi connectivity index (χ2n) is 15.6. The summed E-state index contributed by atoms with van der Waals surface area (Å²) in [5.74, 6) is 4.45. The highest BCUT2D eigenvalue weighted by atomic mass is 16.5. The van der Waals surface area contributed by atoms with Crippen LogP contribution in [0.1, 0.15) is 127 Å². The Morgan fingerprint density at radius 1 is 0.829 bits per heavy atom. The van der Waals surface area contributed by atoms with Crippen molar-refractivity contribution in [2.75, 3.05) is 0 Å². The average molecular weight is 489 g/mol. The summed E-state index contributed by atoms with van der Waals surface area (Å²) in [7, 11) is 0. The minimum atomic E-state index is -0.115. The molecule has 0 aromatic rings. The number of ether oxygens (including phenoxy) is 2. The molecule has 202 valence electrons. The van der Waals surface area contributed by atoms with Crippen molar-refractivity contribution in [3.63, 3.8) is 0 Å². The van der Waals surface area contributed by atoms with Crippen LogP contribution in [0.15, 0.2) is 0 Å². The van der Waals surface area contributed by atoms with Gasteiger partial charge in [0.2, 0.25) is 0 Å². The summed E-state index contributed by atoms with van der Waals surface area (Å²) in [6.07, 6.45) is 14.0. The van der Waals surface area contributed by atoms with Crippen LogP contribution in [0.25, 0.3) is 0 Å². The molecule has 35 heavy (non-hydrogen) atoms. The summed E-state index contributed by atoms with van der Waals surface area (Å²) in [5, 5.41) is 0. The predicted octanol–water partition coefficient (Wildman–Crippen LogP) is 8.24. The number of carbonyl (C=O) groups excluding carboxylic acids is 1. The van der Waals surface area contributed by atoms with E-state index in [0.717, 1.165) is 49.2 Å². The van der Waals surface area contributed by atoms with Gasteiger partial charge in [0.25, 0.3) is 0 Å². The molecule has 0 bridgehead atoms. The van der Waals surface area contributed by atoms with Crippen molar-refractivity contribution in [1.82, 2.24) is 0 Å². The molecule has 0 unspecified atom stereocenters. The molecule has 3 nitrogen and oxygen atoms in total. The van der Waals surface area contributed by atoms with E-state index in [0.29, 0.717) is 34.9 Å². The van der Waals surface area contributed by atoms with Gasteiger partial charge < -0.3 is 14.3 Å². The van der Waals surface area contributed by atoms with E-state index >= 15 is 0 Å². The summed E-state index contributed by atoms with van der Waals surface area (Å²) in [5.41, 5.74) is 0.600. The van der Waals surface area contributed by atoms with Crippen molar-refractivity contribution in [3.8, 4) is 0 Å². The van der Waals surface area contributed by atoms with Crippen molar-refractivity contribution < 1.29 is 14.3 Å². The van der Waals surface area contributed by atoms with Gasteiger partial charge in [0, 0.05) is 6.42 Å². The van der Waals surface area contributed by atoms with Gasteiger partial charge in [0.15, 0.2) is 0 Å². The lowest BCUT2D eigenvalue weighted by atomic mass is 9.43. The normalized spacial score (nSPS) is 44.8. The van der Waals surface area contributed by atoms with Gasteiger partial charge in [-0.05, 0) is 146 Å². The van der Waals surface area contributed by atoms with Crippen molar-refractivity contribution >= 4 is 6.29 Å². The minimum absolute atomic E-state index is 0.0813. The smallest absolute Gasteiger partial charge is 0.120 e. The topological polar surface area (TPSA) is 35.5 Å². The molecule has 0 saturated heterocycles. The van der Waals surface area contributed by atoms with Crippen molar-refractivity contribution in [3.05, 3.63) is 0 Å². The van der Waals surface area contributed by atoms with Gasteiger partial charge in [0.1, 0.15) is 6.29 Å². The maximum atomic E-state index is 11.1. The zero-order valence-electron chi connectivity index (χ0n) is 24.5. The quantitative estimate of drug-likeness (QED) is 0.353. The summed E-state index contributed by atoms with van der Waals surface area (Å²) in [6, 6.07) is 0. The van der Waals surface area contributed by atoms with E-state index in [1.165, 1.54) is 44.9 Å². The Balaban J connectivity index is 1.60. The molecule has 0 amide bonds. The summed E-state index contributed by atoms with van der Waals surface area (Å²) in [4.78, 5) is 11.1. The third kappa shape index (κ3) is 5.43. The largest absolute Gasteiger partial charge is 0.373 e. The molecule has 0 spiro atoms. The van der Waals surface area contributed by atoms with Gasteiger partial charge >= 0.3 is 0 Å². The van der Waals surface area contributed by atoms with Gasteiger partial charge in [-0.15, -0.1) is 0 Å². The van der Waals surface area contributed by atoms with Crippen LogP contribution < -0.4 is 0 Å². The highest BCUT2D eigenvalue weighted by Gasteiger charge is 2.63. The fourth-order valence-electron chi connectivity index (χ4n) is 9.93. The van der Waals surface area contributed by atoms with Crippen LogP contribution in [-0.2, 0) is 14.3 Å². The van der Waals surface area contributed by atoms with Gasteiger partial charge in [0.05, 0.1) is 23.4 Å². The third-order valence-electron chi connectivity index (χ3n) is 11.1. The van der Waals surface area contributed by atoms with E-state index in [2.05, 4.69) is 62.3 Å². The molecule has 4 aliphatic carbocycles. The first-order valence-electron chi connectivity index (χ1n) is 15.0. The van der Waals surface area contributed by atoms with E-state index in [-0.39, 0.29) is 11.2 Å². The highest BCUT2D eigenvalue weighted by molar-refractivity contribution is 5.49. The zero-order chi connectivity index (χ0) is 25.8. The van der Waals surface area contributed by atoms with E-state index in [4.69, 9.17) is 9.47 Å². The first-order chi connectivity index (χ1) is 16.2. The summed E-state index contributed by atoms with van der Waals surface area (Å²) < 4.78 is 13.5. The molecular weight excluding hydrogens is 432 g/mol. The maximum Gasteiger partial charge on any atom is 0.120 e. The number of hydrogen-bond donors (Lipinski definition) is 0. The molecule has 0 aromatic heterocycles. The Kier molecular flexibility index (Phi) is 7.67. The standard InChI is InChI=1S/C32H56O3/c1-21(11-10-18-33)24-12-13-25-23-20-28(35-30(5,6)7)27-19-22(34-29(2,3)4)14-16-32(27,9)26(23)15-17-31(24,25)8/h18,21-28H,10-17,19-20H2,1-9H3/t21-,22-,23+,24-,25+,26+,27+,28+,31-,32-/m1/s1. The zero-order valence-corrected chi connectivity index (χ0v) is 24.5. The molecule has 0 N–H and O–H groups in total. The molecule has 10 atom stereocenters. The van der Waals surface area contributed by atoms with Crippen LogP contribution in [0.5, 0.6) is 0 Å². The third-order valence-corrected chi connectivity index (χ3v) is 11.1. The van der Waals surface area contributed by atoms with Crippen LogP contribution in [0.2, 0.25) is 0 Å². The minimum Gasteiger partial charge on any atom is -0.373 e. The lowest BCUT2D eigenvalue weighted by molar-refractivity contribution is -0.219. The van der Waals surface area contributed by atoms with Crippen molar-refractivity contribution in [2.24, 2.45) is 46.3 Å². The summed E-state index contributed by atoms with van der Waals surface area (Å²) >= 11 is 0. The summed E-state index contributed by atoms with van der Waals surface area (Å²) in [6.45, 7) is 21.0. The van der Waals surface area contributed by atoms with Gasteiger partial charge in [-0.1, -0.05) is 20.8 Å². The van der Waals surface area contributed by atoms with Crippen LogP contribution in [0.4, 0.5) is 0 Å². The molecule has 0 heterocycles. The average Bonchev–Trinajstić information content (AvgIpc) is 3.08. The number of aldehydes is 1. The Hall–Kier alpha value is -0.410. The monoisotopic (exact) mass is 488 g/mol. The fourth-order valence-corrected chi connectivity index (χ4v) is 9.93. The molecule has 4 saturated carbocycles. The molecular formula is C32H56O3. The molecule has 4 fully saturated rings. The SMILES string of the molecule is C[C@H](CCC=O)[C@H]1CC[C@H]2[C@@H]3C[C@H](OC(C)(C)C)[C@@H]4C[C@H](OC(C)(C)C)CC[C@]4(C)[C@H]3CC[C@]12C. The van der Waals surface area contributed by atoms with Gasteiger partial charge in [-0.25, -0.2) is 0 Å². The predicted molar refractivity (Wildman–Crippen MR) is 144 cm³/mol. The lowest BCUT2D eigenvalue weighted by Gasteiger charge is -2.63. The highest BCUT2D eigenvalue weighted by Crippen LogP contribution is 2.69. The van der Waals surface area contributed by atoms with Crippen molar-refractivity contribution in [1.29, 1.82) is 0 Å². The van der Waals surface area contributed by atoms with Crippen LogP contribution in [0.3, 0.4) is 0 Å². The maximum absolute atomic E-state index is 11.1. The Labute approximate surface area is 216 Å². The van der Waals surface area contributed by atoms with Crippen LogP contribution in [-0.4, -0.2) is 29.7 Å². The second-order valence-corrected chi connectivity index (χ2v) is 15.6. The second kappa shape index (κ2) is 9.72. The van der Waals surface area contributed by atoms with Crippen LogP contribution in [0, 0.1) is 46.3 Å². The first-order valence-corrected chi connectivity index (χ1v) is 15.0.